The number of ether oxygens (including phenoxy) is 2. The first-order valence-corrected chi connectivity index (χ1v) is 17.5. The van der Waals surface area contributed by atoms with Gasteiger partial charge in [0.2, 0.25) is 12.4 Å². The van der Waals surface area contributed by atoms with Crippen molar-refractivity contribution in [2.24, 2.45) is 7.05 Å². The Kier molecular flexibility index (Phi) is 10.6. The lowest BCUT2D eigenvalue weighted by Crippen LogP contribution is -2.33. The number of rotatable bonds is 15. The van der Waals surface area contributed by atoms with E-state index in [0.29, 0.717) is 0 Å². The Hall–Kier alpha value is -3.92. The van der Waals surface area contributed by atoms with Crippen molar-refractivity contribution in [1.29, 1.82) is 0 Å². The molecule has 6 rings (SSSR count). The molecule has 0 N–H and O–H groups in total. The Morgan fingerprint density at radius 3 is 1.47 bits per heavy atom. The molecule has 4 heteroatoms. The minimum Gasteiger partial charge on any atom is -0.450 e. The van der Waals surface area contributed by atoms with Gasteiger partial charge < -0.3 is 9.47 Å². The van der Waals surface area contributed by atoms with E-state index >= 15 is 0 Å². The topological polar surface area (TPSA) is 26.2 Å². The molecule has 0 radical (unpaired) electrons. The van der Waals surface area contributed by atoms with Gasteiger partial charge >= 0.3 is 0 Å². The van der Waals surface area contributed by atoms with Crippen LogP contribution in [0.25, 0.3) is 11.1 Å². The van der Waals surface area contributed by atoms with E-state index in [1.54, 1.807) is 0 Å². The SMILES string of the molecule is CCCCCCCCCCCCCCCC[n+]1ccc2c(c1)Oc1ccccc1/C2=C1/c2ccccc2Oc2c[n+](C)ccc21. The van der Waals surface area contributed by atoms with Crippen LogP contribution < -0.4 is 18.6 Å². The van der Waals surface area contributed by atoms with E-state index in [0.717, 1.165) is 51.8 Å². The highest BCUT2D eigenvalue weighted by molar-refractivity contribution is 6.09. The van der Waals surface area contributed by atoms with Crippen LogP contribution in [0.15, 0.2) is 85.5 Å². The third-order valence-electron chi connectivity index (χ3n) is 9.36. The minimum absolute atomic E-state index is 0.871. The summed E-state index contributed by atoms with van der Waals surface area (Å²) < 4.78 is 17.3. The van der Waals surface area contributed by atoms with Crippen LogP contribution >= 0.6 is 0 Å². The van der Waals surface area contributed by atoms with E-state index in [4.69, 9.17) is 9.47 Å². The molecular formula is C41H50N2O2+2. The van der Waals surface area contributed by atoms with Gasteiger partial charge in [0.25, 0.3) is 0 Å². The van der Waals surface area contributed by atoms with Gasteiger partial charge in [-0.2, -0.15) is 0 Å². The first-order valence-electron chi connectivity index (χ1n) is 17.5. The fourth-order valence-corrected chi connectivity index (χ4v) is 6.88. The highest BCUT2D eigenvalue weighted by atomic mass is 16.5. The smallest absolute Gasteiger partial charge is 0.212 e. The van der Waals surface area contributed by atoms with Gasteiger partial charge in [-0.05, 0) is 18.6 Å². The third kappa shape index (κ3) is 7.49. The van der Waals surface area contributed by atoms with Crippen LogP contribution in [0.2, 0.25) is 0 Å². The summed E-state index contributed by atoms with van der Waals surface area (Å²) in [5, 5.41) is 0. The van der Waals surface area contributed by atoms with Gasteiger partial charge in [0.15, 0.2) is 23.9 Å². The first kappa shape index (κ1) is 31.1. The molecule has 2 aliphatic heterocycles. The predicted octanol–water partition coefficient (Wildman–Crippen LogP) is 10.5. The summed E-state index contributed by atoms with van der Waals surface area (Å²) in [6.45, 7) is 3.31. The van der Waals surface area contributed by atoms with Crippen LogP contribution in [-0.4, -0.2) is 0 Å². The number of fused-ring (bicyclic) bond motifs is 4. The van der Waals surface area contributed by atoms with Crippen molar-refractivity contribution in [1.82, 2.24) is 0 Å². The van der Waals surface area contributed by atoms with E-state index in [9.17, 15) is 0 Å². The second kappa shape index (κ2) is 15.4. The maximum Gasteiger partial charge on any atom is 0.212 e. The Balaban J connectivity index is 1.12. The van der Waals surface area contributed by atoms with Crippen molar-refractivity contribution in [3.63, 3.8) is 0 Å². The second-order valence-electron chi connectivity index (χ2n) is 12.9. The quantitative estimate of drug-likeness (QED) is 0.0863. The van der Waals surface area contributed by atoms with Crippen LogP contribution in [0.4, 0.5) is 0 Å². The van der Waals surface area contributed by atoms with Crippen LogP contribution in [0.1, 0.15) is 119 Å². The van der Waals surface area contributed by atoms with Crippen molar-refractivity contribution in [2.45, 2.75) is 103 Å². The number of hydrogen-bond donors (Lipinski definition) is 0. The molecule has 0 atom stereocenters. The molecule has 0 bridgehead atoms. The maximum atomic E-state index is 6.57. The number of unbranched alkanes of at least 4 members (excludes halogenated alkanes) is 13. The number of aryl methyl sites for hydroxylation is 2. The molecule has 0 aliphatic carbocycles. The maximum absolute atomic E-state index is 6.57. The van der Waals surface area contributed by atoms with E-state index in [-0.39, 0.29) is 0 Å². The highest BCUT2D eigenvalue weighted by Crippen LogP contribution is 2.52. The van der Waals surface area contributed by atoms with Gasteiger partial charge in [-0.15, -0.1) is 0 Å². The molecular weight excluding hydrogens is 552 g/mol. The molecule has 234 valence electrons. The lowest BCUT2D eigenvalue weighted by atomic mass is 9.83. The molecule has 0 saturated heterocycles. The molecule has 0 amide bonds. The van der Waals surface area contributed by atoms with Crippen LogP contribution in [0.3, 0.4) is 0 Å². The van der Waals surface area contributed by atoms with Gasteiger partial charge in [0.1, 0.15) is 25.1 Å². The number of pyridine rings is 2. The Bertz CT molecular complexity index is 1620. The zero-order chi connectivity index (χ0) is 30.8. The van der Waals surface area contributed by atoms with Gasteiger partial charge in [0, 0.05) is 52.0 Å². The van der Waals surface area contributed by atoms with Crippen molar-refractivity contribution >= 4 is 11.1 Å². The van der Waals surface area contributed by atoms with E-state index in [2.05, 4.69) is 90.9 Å². The first-order chi connectivity index (χ1) is 22.2. The summed E-state index contributed by atoms with van der Waals surface area (Å²) in [4.78, 5) is 0. The molecule has 0 saturated carbocycles. The van der Waals surface area contributed by atoms with Crippen molar-refractivity contribution < 1.29 is 18.6 Å². The van der Waals surface area contributed by atoms with E-state index in [1.807, 2.05) is 17.7 Å². The van der Waals surface area contributed by atoms with Crippen molar-refractivity contribution in [3.05, 3.63) is 108 Å². The summed E-state index contributed by atoms with van der Waals surface area (Å²) >= 11 is 0. The zero-order valence-electron chi connectivity index (χ0n) is 27.4. The van der Waals surface area contributed by atoms with Gasteiger partial charge in [-0.25, -0.2) is 9.13 Å². The summed E-state index contributed by atoms with van der Waals surface area (Å²) in [5.41, 5.74) is 6.83. The summed E-state index contributed by atoms with van der Waals surface area (Å²) in [6, 6.07) is 21.2. The number of para-hydroxylation sites is 2. The average molecular weight is 603 g/mol. The molecule has 2 aromatic carbocycles. The van der Waals surface area contributed by atoms with Crippen molar-refractivity contribution in [2.75, 3.05) is 0 Å². The number of benzene rings is 2. The van der Waals surface area contributed by atoms with Crippen LogP contribution in [-0.2, 0) is 13.6 Å². The molecule has 4 nitrogen and oxygen atoms in total. The Labute approximate surface area is 270 Å². The monoisotopic (exact) mass is 602 g/mol. The van der Waals surface area contributed by atoms with Gasteiger partial charge in [0.05, 0.1) is 0 Å². The van der Waals surface area contributed by atoms with E-state index < -0.39 is 0 Å². The average Bonchev–Trinajstić information content (AvgIpc) is 3.06. The molecule has 45 heavy (non-hydrogen) atoms. The standard InChI is InChI=1S/C41H50N2O2/c1-3-4-5-6-7-8-9-10-11-12-13-14-15-20-27-43-29-26-35-39(31-43)45-37-24-19-17-22-33(37)41(35)40-32-21-16-18-23-36(32)44-38-30-42(2)28-25-34(38)40/h16-19,21-26,28-31H,3-15,20,27H2,1-2H3/q+2/b41-40+. The number of nitrogens with zero attached hydrogens (tertiary/aromatic N) is 2. The lowest BCUT2D eigenvalue weighted by molar-refractivity contribution is -0.697. The lowest BCUT2D eigenvalue weighted by Gasteiger charge is -2.28. The molecule has 2 aliphatic rings. The molecule has 0 spiro atoms. The third-order valence-corrected chi connectivity index (χ3v) is 9.36. The molecule has 0 fully saturated rings. The molecule has 4 heterocycles. The Morgan fingerprint density at radius 2 is 0.911 bits per heavy atom. The molecule has 2 aromatic heterocycles. The van der Waals surface area contributed by atoms with E-state index in [1.165, 1.54) is 101 Å². The highest BCUT2D eigenvalue weighted by Gasteiger charge is 2.33. The minimum atomic E-state index is 0.871. The number of hydrogen-bond acceptors (Lipinski definition) is 2. The summed E-state index contributed by atoms with van der Waals surface area (Å²) in [6.07, 6.45) is 27.9. The summed E-state index contributed by atoms with van der Waals surface area (Å²) in [5.74, 6) is 3.56. The fraction of sp³-hybridized carbons (Fsp3) is 0.415. The van der Waals surface area contributed by atoms with Crippen molar-refractivity contribution in [3.8, 4) is 23.0 Å². The fourth-order valence-electron chi connectivity index (χ4n) is 6.88. The van der Waals surface area contributed by atoms with Crippen LogP contribution in [0.5, 0.6) is 23.0 Å². The molecule has 4 aromatic rings. The largest absolute Gasteiger partial charge is 0.450 e. The summed E-state index contributed by atoms with van der Waals surface area (Å²) in [7, 11) is 2.03. The predicted molar refractivity (Wildman–Crippen MR) is 183 cm³/mol. The van der Waals surface area contributed by atoms with Gasteiger partial charge in [-0.1, -0.05) is 120 Å². The zero-order valence-corrected chi connectivity index (χ0v) is 27.4. The molecule has 0 unspecified atom stereocenters. The normalized spacial score (nSPS) is 14.5. The number of aromatic nitrogens is 2. The van der Waals surface area contributed by atoms with Crippen LogP contribution in [0, 0.1) is 0 Å². The second-order valence-corrected chi connectivity index (χ2v) is 12.9. The van der Waals surface area contributed by atoms with Gasteiger partial charge in [-0.3, -0.25) is 0 Å². The Morgan fingerprint density at radius 1 is 0.467 bits per heavy atom.